The number of amides is 2. The molecular formula is C25H23F2N3O6S. The van der Waals surface area contributed by atoms with Gasteiger partial charge in [0.05, 0.1) is 17.4 Å². The number of pyridine rings is 1. The van der Waals surface area contributed by atoms with E-state index in [0.29, 0.717) is 29.7 Å². The summed E-state index contributed by atoms with van der Waals surface area (Å²) in [7, 11) is -3.73. The van der Waals surface area contributed by atoms with Crippen molar-refractivity contribution in [3.63, 3.8) is 0 Å². The summed E-state index contributed by atoms with van der Waals surface area (Å²) < 4.78 is 60.5. The van der Waals surface area contributed by atoms with E-state index in [9.17, 15) is 26.8 Å². The van der Waals surface area contributed by atoms with Crippen LogP contribution in [0.1, 0.15) is 35.8 Å². The van der Waals surface area contributed by atoms with Gasteiger partial charge in [-0.3, -0.25) is 9.59 Å². The van der Waals surface area contributed by atoms with Crippen molar-refractivity contribution in [2.45, 2.75) is 31.5 Å². The number of carbonyl (C=O) groups excluding carboxylic acids is 2. The zero-order valence-electron chi connectivity index (χ0n) is 19.7. The molecule has 2 aromatic carbocycles. The summed E-state index contributed by atoms with van der Waals surface area (Å²) in [6.07, 6.45) is -1.82. The van der Waals surface area contributed by atoms with Crippen molar-refractivity contribution in [1.29, 1.82) is 0 Å². The predicted octanol–water partition coefficient (Wildman–Crippen LogP) is 3.98. The average molecular weight is 532 g/mol. The minimum Gasteiger partial charge on any atom is -0.395 e. The standard InChI is InChI=1S/C25H21F2N3O6S.H2/c1-14-6-9-20(28-21(14)15-4-3-5-16(12-15)22(31)30-37(2,33)34)29-23(32)24(10-11-24)17-7-8-18-19(13-17)36-25(26,27)35-18;/h3-9,12-13H,10-11H2,1-2H3,(H,30,31)(H,28,29,32);1H. The molecule has 2 heterocycles. The molecular weight excluding hydrogens is 508 g/mol. The zero-order valence-corrected chi connectivity index (χ0v) is 20.5. The number of ether oxygens (including phenoxy) is 2. The zero-order chi connectivity index (χ0) is 26.6. The van der Waals surface area contributed by atoms with Crippen LogP contribution < -0.4 is 19.5 Å². The van der Waals surface area contributed by atoms with Crippen LogP contribution in [0, 0.1) is 6.92 Å². The summed E-state index contributed by atoms with van der Waals surface area (Å²) in [5.41, 5.74) is 1.55. The van der Waals surface area contributed by atoms with Gasteiger partial charge in [0.2, 0.25) is 15.9 Å². The number of anilines is 1. The van der Waals surface area contributed by atoms with Gasteiger partial charge in [0.1, 0.15) is 5.82 Å². The van der Waals surface area contributed by atoms with Crippen LogP contribution >= 0.6 is 0 Å². The lowest BCUT2D eigenvalue weighted by Crippen LogP contribution is -2.29. The number of hydrogen-bond acceptors (Lipinski definition) is 7. The van der Waals surface area contributed by atoms with Crippen molar-refractivity contribution in [1.82, 2.24) is 9.71 Å². The molecule has 0 radical (unpaired) electrons. The molecule has 1 aliphatic carbocycles. The fourth-order valence-electron chi connectivity index (χ4n) is 4.18. The van der Waals surface area contributed by atoms with Crippen LogP contribution in [0.25, 0.3) is 11.3 Å². The van der Waals surface area contributed by atoms with Crippen molar-refractivity contribution in [2.75, 3.05) is 11.6 Å². The van der Waals surface area contributed by atoms with E-state index in [1.807, 2.05) is 11.6 Å². The SMILES string of the molecule is Cc1ccc(NC(=O)C2(c3ccc4c(c3)OC(F)(F)O4)CC2)nc1-c1cccc(C(=O)NS(C)(=O)=O)c1.[HH]. The normalized spacial score (nSPS) is 16.6. The van der Waals surface area contributed by atoms with Crippen molar-refractivity contribution >= 4 is 27.7 Å². The Morgan fingerprint density at radius 1 is 1.03 bits per heavy atom. The number of alkyl halides is 2. The minimum atomic E-state index is -3.75. The molecule has 3 aromatic rings. The summed E-state index contributed by atoms with van der Waals surface area (Å²) in [6.45, 7) is 1.81. The number of halogens is 2. The second kappa shape index (κ2) is 8.51. The molecule has 0 bridgehead atoms. The molecule has 1 aliphatic heterocycles. The summed E-state index contributed by atoms with van der Waals surface area (Å²) in [5, 5.41) is 2.80. The number of sulfonamides is 1. The van der Waals surface area contributed by atoms with Crippen LogP contribution in [0.2, 0.25) is 0 Å². The van der Waals surface area contributed by atoms with Crippen molar-refractivity contribution in [3.05, 3.63) is 71.3 Å². The van der Waals surface area contributed by atoms with Gasteiger partial charge in [-0.05, 0) is 61.2 Å². The number of hydrogen-bond donors (Lipinski definition) is 2. The first kappa shape index (κ1) is 24.6. The maximum atomic E-state index is 13.4. The second-order valence-electron chi connectivity index (χ2n) is 9.01. The summed E-state index contributed by atoms with van der Waals surface area (Å²) >= 11 is 0. The quantitative estimate of drug-likeness (QED) is 0.493. The van der Waals surface area contributed by atoms with E-state index in [-0.39, 0.29) is 30.2 Å². The third kappa shape index (κ3) is 4.96. The molecule has 194 valence electrons. The van der Waals surface area contributed by atoms with Crippen LogP contribution in [0.15, 0.2) is 54.6 Å². The van der Waals surface area contributed by atoms with E-state index in [4.69, 9.17) is 0 Å². The molecule has 0 atom stereocenters. The van der Waals surface area contributed by atoms with Gasteiger partial charge in [-0.15, -0.1) is 8.78 Å². The van der Waals surface area contributed by atoms with E-state index >= 15 is 0 Å². The van der Waals surface area contributed by atoms with E-state index in [0.717, 1.165) is 11.8 Å². The Labute approximate surface area is 212 Å². The largest absolute Gasteiger partial charge is 0.586 e. The summed E-state index contributed by atoms with van der Waals surface area (Å²) in [4.78, 5) is 30.1. The highest BCUT2D eigenvalue weighted by molar-refractivity contribution is 7.89. The number of aryl methyl sites for hydroxylation is 1. The van der Waals surface area contributed by atoms with Crippen LogP contribution in [-0.2, 0) is 20.2 Å². The molecule has 1 saturated carbocycles. The number of fused-ring (bicyclic) bond motifs is 1. The van der Waals surface area contributed by atoms with Crippen LogP contribution in [0.5, 0.6) is 11.5 Å². The predicted molar refractivity (Wildman–Crippen MR) is 131 cm³/mol. The van der Waals surface area contributed by atoms with Crippen LogP contribution in [0.3, 0.4) is 0 Å². The van der Waals surface area contributed by atoms with Gasteiger partial charge < -0.3 is 14.8 Å². The van der Waals surface area contributed by atoms with Gasteiger partial charge >= 0.3 is 6.29 Å². The van der Waals surface area contributed by atoms with Gasteiger partial charge in [-0.25, -0.2) is 18.1 Å². The number of rotatable bonds is 6. The Kier molecular flexibility index (Phi) is 5.66. The Hall–Kier alpha value is -4.06. The van der Waals surface area contributed by atoms with E-state index in [1.54, 1.807) is 30.3 Å². The number of aromatic nitrogens is 1. The van der Waals surface area contributed by atoms with Crippen molar-refractivity contribution in [3.8, 4) is 22.8 Å². The molecule has 5 rings (SSSR count). The van der Waals surface area contributed by atoms with E-state index < -0.39 is 27.6 Å². The smallest absolute Gasteiger partial charge is 0.395 e. The molecule has 0 spiro atoms. The first-order chi connectivity index (χ1) is 17.4. The molecule has 0 unspecified atom stereocenters. The monoisotopic (exact) mass is 531 g/mol. The lowest BCUT2D eigenvalue weighted by molar-refractivity contribution is -0.286. The molecule has 12 heteroatoms. The highest BCUT2D eigenvalue weighted by atomic mass is 32.2. The molecule has 1 fully saturated rings. The Balaban J connectivity index is 0.00000336. The fourth-order valence-corrected chi connectivity index (χ4v) is 4.63. The Morgan fingerprint density at radius 2 is 1.76 bits per heavy atom. The summed E-state index contributed by atoms with van der Waals surface area (Å²) in [6, 6.07) is 14.0. The fraction of sp³-hybridized carbons (Fsp3) is 0.240. The number of nitrogens with one attached hydrogen (secondary N) is 2. The molecule has 2 N–H and O–H groups in total. The first-order valence-corrected chi connectivity index (χ1v) is 13.1. The number of nitrogens with zero attached hydrogens (tertiary/aromatic N) is 1. The highest BCUT2D eigenvalue weighted by Gasteiger charge is 2.53. The van der Waals surface area contributed by atoms with Crippen LogP contribution in [0.4, 0.5) is 14.6 Å². The number of benzene rings is 2. The van der Waals surface area contributed by atoms with Crippen molar-refractivity contribution in [2.24, 2.45) is 0 Å². The molecule has 9 nitrogen and oxygen atoms in total. The minimum absolute atomic E-state index is 0. The molecule has 0 saturated heterocycles. The van der Waals surface area contributed by atoms with Gasteiger partial charge in [-0.2, -0.15) is 0 Å². The lowest BCUT2D eigenvalue weighted by atomic mass is 9.94. The average Bonchev–Trinajstić information content (AvgIpc) is 3.56. The second-order valence-corrected chi connectivity index (χ2v) is 10.8. The summed E-state index contributed by atoms with van der Waals surface area (Å²) in [5.74, 6) is -1.08. The molecule has 2 aliphatic rings. The topological polar surface area (TPSA) is 124 Å². The van der Waals surface area contributed by atoms with E-state index in [1.165, 1.54) is 24.3 Å². The van der Waals surface area contributed by atoms with Crippen molar-refractivity contribution < 1.29 is 37.7 Å². The maximum absolute atomic E-state index is 13.4. The third-order valence-electron chi connectivity index (χ3n) is 6.15. The highest BCUT2D eigenvalue weighted by Crippen LogP contribution is 2.52. The van der Waals surface area contributed by atoms with Gasteiger partial charge in [0.25, 0.3) is 5.91 Å². The Bertz CT molecular complexity index is 1560. The molecule has 1 aromatic heterocycles. The van der Waals surface area contributed by atoms with Gasteiger partial charge in [0.15, 0.2) is 11.5 Å². The Morgan fingerprint density at radius 3 is 2.46 bits per heavy atom. The maximum Gasteiger partial charge on any atom is 0.586 e. The number of carbonyl (C=O) groups is 2. The van der Waals surface area contributed by atoms with Crippen LogP contribution in [-0.4, -0.2) is 37.8 Å². The molecule has 37 heavy (non-hydrogen) atoms. The van der Waals surface area contributed by atoms with Gasteiger partial charge in [-0.1, -0.05) is 24.3 Å². The first-order valence-electron chi connectivity index (χ1n) is 11.2. The van der Waals surface area contributed by atoms with Gasteiger partial charge in [0, 0.05) is 12.6 Å². The lowest BCUT2D eigenvalue weighted by Gasteiger charge is -2.17. The van der Waals surface area contributed by atoms with E-state index in [2.05, 4.69) is 19.8 Å². The third-order valence-corrected chi connectivity index (χ3v) is 6.71. The molecule has 2 amide bonds.